The Labute approximate surface area is 173 Å². The second-order valence-corrected chi connectivity index (χ2v) is 9.67. The Morgan fingerprint density at radius 1 is 1.25 bits per heavy atom. The zero-order chi connectivity index (χ0) is 19.5. The predicted octanol–water partition coefficient (Wildman–Crippen LogP) is 3.97. The summed E-state index contributed by atoms with van der Waals surface area (Å²) in [5.41, 5.74) is 2.71. The second kappa shape index (κ2) is 8.82. The van der Waals surface area contributed by atoms with Crippen LogP contribution in [0.15, 0.2) is 21.6 Å². The number of aryl methyl sites for hydroxylation is 2. The average Bonchev–Trinajstić information content (AvgIpc) is 3.09. The number of rotatable bonds is 6. The molecule has 150 valence electrons. The number of allylic oxidation sites excluding steroid dienone is 1. The van der Waals surface area contributed by atoms with Crippen molar-refractivity contribution < 1.29 is 4.79 Å². The van der Waals surface area contributed by atoms with Crippen LogP contribution in [0, 0.1) is 0 Å². The van der Waals surface area contributed by atoms with Crippen molar-refractivity contribution in [2.24, 2.45) is 7.05 Å². The van der Waals surface area contributed by atoms with Gasteiger partial charge in [0.25, 0.3) is 5.56 Å². The molecule has 2 aliphatic carbocycles. The van der Waals surface area contributed by atoms with Crippen LogP contribution >= 0.6 is 23.1 Å². The zero-order valence-electron chi connectivity index (χ0n) is 16.4. The van der Waals surface area contributed by atoms with E-state index in [4.69, 9.17) is 4.98 Å². The summed E-state index contributed by atoms with van der Waals surface area (Å²) in [7, 11) is 1.76. The van der Waals surface area contributed by atoms with E-state index < -0.39 is 0 Å². The van der Waals surface area contributed by atoms with Crippen molar-refractivity contribution >= 4 is 39.2 Å². The number of thiophene rings is 1. The maximum atomic E-state index is 12.9. The highest BCUT2D eigenvalue weighted by atomic mass is 32.2. The molecule has 2 aromatic heterocycles. The first-order chi connectivity index (χ1) is 13.6. The number of hydrogen-bond donors (Lipinski definition) is 1. The average molecular weight is 418 g/mol. The first kappa shape index (κ1) is 19.7. The number of aromatic nitrogens is 2. The summed E-state index contributed by atoms with van der Waals surface area (Å²) >= 11 is 3.00. The Hall–Kier alpha value is -1.60. The molecule has 2 aliphatic rings. The van der Waals surface area contributed by atoms with Gasteiger partial charge in [0.1, 0.15) is 4.83 Å². The number of fused-ring (bicyclic) bond motifs is 3. The van der Waals surface area contributed by atoms with Crippen LogP contribution < -0.4 is 10.9 Å². The lowest BCUT2D eigenvalue weighted by Gasteiger charge is -2.13. The number of nitrogens with one attached hydrogen (secondary N) is 1. The van der Waals surface area contributed by atoms with Gasteiger partial charge in [-0.05, 0) is 63.4 Å². The summed E-state index contributed by atoms with van der Waals surface area (Å²) in [6.07, 6.45) is 12.5. The number of carbonyl (C=O) groups is 1. The zero-order valence-corrected chi connectivity index (χ0v) is 18.0. The highest BCUT2D eigenvalue weighted by molar-refractivity contribution is 7.99. The normalized spacial score (nSPS) is 16.7. The second-order valence-electron chi connectivity index (χ2n) is 7.65. The smallest absolute Gasteiger partial charge is 0.262 e. The number of thioether (sulfide) groups is 1. The summed E-state index contributed by atoms with van der Waals surface area (Å²) in [6.45, 7) is 0.689. The fourth-order valence-electron chi connectivity index (χ4n) is 4.07. The van der Waals surface area contributed by atoms with Gasteiger partial charge in [0.15, 0.2) is 5.16 Å². The number of amides is 1. The minimum absolute atomic E-state index is 0.00114. The minimum atomic E-state index is 0.00114. The fraction of sp³-hybridized carbons (Fsp3) is 0.571. The van der Waals surface area contributed by atoms with Crippen molar-refractivity contribution in [3.63, 3.8) is 0 Å². The summed E-state index contributed by atoms with van der Waals surface area (Å²) in [6, 6.07) is 0. The molecule has 0 aromatic carbocycles. The standard InChI is InChI=1S/C21H27N3O2S2/c1-24-20(26)18-15-9-5-6-10-16(15)28-19(18)23-21(24)27-13-17(25)22-12-11-14-7-3-2-4-8-14/h7H,2-6,8-13H2,1H3,(H,22,25). The highest BCUT2D eigenvalue weighted by Gasteiger charge is 2.21. The van der Waals surface area contributed by atoms with Gasteiger partial charge < -0.3 is 5.32 Å². The number of carbonyl (C=O) groups excluding carboxylic acids is 1. The Morgan fingerprint density at radius 3 is 2.89 bits per heavy atom. The summed E-state index contributed by atoms with van der Waals surface area (Å²) < 4.78 is 1.61. The molecule has 28 heavy (non-hydrogen) atoms. The van der Waals surface area contributed by atoms with Gasteiger partial charge in [0.05, 0.1) is 11.1 Å². The quantitative estimate of drug-likeness (QED) is 0.439. The molecule has 2 heterocycles. The molecule has 0 atom stereocenters. The molecule has 0 bridgehead atoms. The van der Waals surface area contributed by atoms with Crippen molar-refractivity contribution in [3.05, 3.63) is 32.4 Å². The van der Waals surface area contributed by atoms with Crippen LogP contribution in [-0.2, 0) is 24.7 Å². The van der Waals surface area contributed by atoms with E-state index in [2.05, 4.69) is 11.4 Å². The molecule has 0 radical (unpaired) electrons. The Bertz CT molecular complexity index is 974. The molecule has 0 fully saturated rings. The van der Waals surface area contributed by atoms with E-state index in [9.17, 15) is 9.59 Å². The monoisotopic (exact) mass is 417 g/mol. The van der Waals surface area contributed by atoms with Gasteiger partial charge in [0, 0.05) is 18.5 Å². The third kappa shape index (κ3) is 4.20. The van der Waals surface area contributed by atoms with Crippen LogP contribution in [0.1, 0.15) is 55.4 Å². The van der Waals surface area contributed by atoms with Crippen LogP contribution in [0.25, 0.3) is 10.2 Å². The van der Waals surface area contributed by atoms with E-state index in [1.165, 1.54) is 59.9 Å². The van der Waals surface area contributed by atoms with E-state index in [-0.39, 0.29) is 17.2 Å². The van der Waals surface area contributed by atoms with Crippen molar-refractivity contribution in [2.45, 2.75) is 62.9 Å². The van der Waals surface area contributed by atoms with Crippen molar-refractivity contribution in [3.8, 4) is 0 Å². The van der Waals surface area contributed by atoms with Crippen LogP contribution in [0.5, 0.6) is 0 Å². The highest BCUT2D eigenvalue weighted by Crippen LogP contribution is 2.34. The Kier molecular flexibility index (Phi) is 6.21. The van der Waals surface area contributed by atoms with Crippen LogP contribution in [0.4, 0.5) is 0 Å². The lowest BCUT2D eigenvalue weighted by molar-refractivity contribution is -0.118. The molecule has 1 N–H and O–H groups in total. The third-order valence-corrected chi connectivity index (χ3v) is 7.86. The van der Waals surface area contributed by atoms with Gasteiger partial charge in [-0.1, -0.05) is 23.4 Å². The van der Waals surface area contributed by atoms with Crippen LogP contribution in [-0.4, -0.2) is 27.8 Å². The fourth-order valence-corrected chi connectivity index (χ4v) is 6.18. The summed E-state index contributed by atoms with van der Waals surface area (Å²) in [5.74, 6) is 0.289. The first-order valence-electron chi connectivity index (χ1n) is 10.2. The molecule has 0 saturated carbocycles. The van der Waals surface area contributed by atoms with Gasteiger partial charge >= 0.3 is 0 Å². The molecule has 0 unspecified atom stereocenters. The maximum Gasteiger partial charge on any atom is 0.262 e. The molecule has 1 amide bonds. The van der Waals surface area contributed by atoms with Crippen LogP contribution in [0.2, 0.25) is 0 Å². The lowest BCUT2D eigenvalue weighted by Crippen LogP contribution is -2.27. The Balaban J connectivity index is 1.39. The van der Waals surface area contributed by atoms with E-state index >= 15 is 0 Å². The molecule has 5 nitrogen and oxygen atoms in total. The maximum absolute atomic E-state index is 12.9. The van der Waals surface area contributed by atoms with Crippen molar-refractivity contribution in [1.82, 2.24) is 14.9 Å². The molecule has 0 aliphatic heterocycles. The molecule has 0 saturated heterocycles. The molecule has 2 aromatic rings. The number of hydrogen-bond acceptors (Lipinski definition) is 5. The largest absolute Gasteiger partial charge is 0.355 e. The summed E-state index contributed by atoms with van der Waals surface area (Å²) in [4.78, 5) is 32.0. The molecule has 0 spiro atoms. The first-order valence-corrected chi connectivity index (χ1v) is 12.0. The van der Waals surface area contributed by atoms with Gasteiger partial charge in [-0.2, -0.15) is 0 Å². The van der Waals surface area contributed by atoms with Crippen LogP contribution in [0.3, 0.4) is 0 Å². The lowest BCUT2D eigenvalue weighted by atomic mass is 9.97. The van der Waals surface area contributed by atoms with E-state index in [0.29, 0.717) is 11.7 Å². The van der Waals surface area contributed by atoms with Crippen molar-refractivity contribution in [1.29, 1.82) is 0 Å². The summed E-state index contributed by atoms with van der Waals surface area (Å²) in [5, 5.41) is 4.43. The predicted molar refractivity (Wildman–Crippen MR) is 116 cm³/mol. The SMILES string of the molecule is Cn1c(SCC(=O)NCCC2=CCCCC2)nc2sc3c(c2c1=O)CCCC3. The van der Waals surface area contributed by atoms with Crippen molar-refractivity contribution in [2.75, 3.05) is 12.3 Å². The van der Waals surface area contributed by atoms with Gasteiger partial charge in [-0.3, -0.25) is 14.2 Å². The minimum Gasteiger partial charge on any atom is -0.355 e. The third-order valence-electron chi connectivity index (χ3n) is 5.64. The molecular formula is C21H27N3O2S2. The molecule has 4 rings (SSSR count). The van der Waals surface area contributed by atoms with E-state index in [0.717, 1.165) is 35.9 Å². The van der Waals surface area contributed by atoms with E-state index in [1.807, 2.05) is 0 Å². The van der Waals surface area contributed by atoms with Gasteiger partial charge in [-0.25, -0.2) is 4.98 Å². The Morgan fingerprint density at radius 2 is 2.07 bits per heavy atom. The molecule has 7 heteroatoms. The molecular weight excluding hydrogens is 390 g/mol. The van der Waals surface area contributed by atoms with Gasteiger partial charge in [0.2, 0.25) is 5.91 Å². The number of nitrogens with zero attached hydrogens (tertiary/aromatic N) is 2. The van der Waals surface area contributed by atoms with E-state index in [1.54, 1.807) is 23.0 Å². The van der Waals surface area contributed by atoms with Gasteiger partial charge in [-0.15, -0.1) is 11.3 Å². The topological polar surface area (TPSA) is 64.0 Å².